The molecule has 0 radical (unpaired) electrons. The fourth-order valence-corrected chi connectivity index (χ4v) is 1.27. The van der Waals surface area contributed by atoms with Crippen molar-refractivity contribution in [2.75, 3.05) is 0 Å². The normalized spacial score (nSPS) is 12.5. The number of halogens is 1. The molecule has 0 aliphatic rings. The first-order valence-electron chi connectivity index (χ1n) is 4.28. The van der Waals surface area contributed by atoms with Gasteiger partial charge in [0.2, 0.25) is 0 Å². The van der Waals surface area contributed by atoms with Gasteiger partial charge < -0.3 is 0 Å². The topological polar surface area (TPSA) is 23.8 Å². The highest BCUT2D eigenvalue weighted by Crippen LogP contribution is 2.22. The second kappa shape index (κ2) is 4.30. The lowest BCUT2D eigenvalue weighted by molar-refractivity contribution is 0.865. The molecule has 0 N–H and O–H groups in total. The maximum absolute atomic E-state index is 8.58. The molecule has 0 fully saturated rings. The highest BCUT2D eigenvalue weighted by molar-refractivity contribution is 6.22. The third-order valence-electron chi connectivity index (χ3n) is 2.01. The molecular formula is C11H12ClN. The summed E-state index contributed by atoms with van der Waals surface area (Å²) in [6.07, 6.45) is 0. The largest absolute Gasteiger partial charge is 0.196 e. The van der Waals surface area contributed by atoms with E-state index in [-0.39, 0.29) is 0 Å². The van der Waals surface area contributed by atoms with Crippen LogP contribution >= 0.6 is 11.6 Å². The first-order chi connectivity index (χ1) is 6.15. The lowest BCUT2D eigenvalue weighted by atomic mass is 10.0. The summed E-state index contributed by atoms with van der Waals surface area (Å²) in [6.45, 7) is 4.27. The van der Waals surface area contributed by atoms with Crippen molar-refractivity contribution in [1.82, 2.24) is 0 Å². The third kappa shape index (κ3) is 2.47. The monoisotopic (exact) mass is 193 g/mol. The van der Waals surface area contributed by atoms with Crippen molar-refractivity contribution in [3.05, 3.63) is 35.4 Å². The van der Waals surface area contributed by atoms with Crippen LogP contribution in [0.4, 0.5) is 0 Å². The van der Waals surface area contributed by atoms with E-state index in [1.54, 1.807) is 0 Å². The average Bonchev–Trinajstić information content (AvgIpc) is 2.17. The molecule has 13 heavy (non-hydrogen) atoms. The van der Waals surface area contributed by atoms with Gasteiger partial charge in [0.05, 0.1) is 6.07 Å². The Morgan fingerprint density at radius 3 is 2.00 bits per heavy atom. The van der Waals surface area contributed by atoms with Crippen molar-refractivity contribution >= 4 is 11.6 Å². The zero-order chi connectivity index (χ0) is 9.84. The second-order valence-electron chi connectivity index (χ2n) is 3.31. The molecule has 1 atom stereocenters. The van der Waals surface area contributed by atoms with Crippen LogP contribution in [-0.2, 0) is 0 Å². The minimum atomic E-state index is -0.527. The third-order valence-corrected chi connectivity index (χ3v) is 2.36. The maximum Gasteiger partial charge on any atom is 0.145 e. The number of nitriles is 1. The van der Waals surface area contributed by atoms with Gasteiger partial charge in [-0.3, -0.25) is 0 Å². The molecule has 1 aromatic rings. The lowest BCUT2D eigenvalue weighted by Crippen LogP contribution is -1.90. The van der Waals surface area contributed by atoms with Gasteiger partial charge in [-0.25, -0.2) is 0 Å². The summed E-state index contributed by atoms with van der Waals surface area (Å²) in [4.78, 5) is 0. The fourth-order valence-electron chi connectivity index (χ4n) is 1.12. The SMILES string of the molecule is CC(C)c1ccc(C(Cl)C#N)cc1. The smallest absolute Gasteiger partial charge is 0.145 e. The van der Waals surface area contributed by atoms with E-state index in [1.165, 1.54) is 5.56 Å². The predicted octanol–water partition coefficient (Wildman–Crippen LogP) is 3.61. The molecule has 1 aromatic carbocycles. The molecule has 0 saturated heterocycles. The van der Waals surface area contributed by atoms with Crippen LogP contribution in [0.5, 0.6) is 0 Å². The van der Waals surface area contributed by atoms with Gasteiger partial charge in [0.15, 0.2) is 0 Å². The summed E-state index contributed by atoms with van der Waals surface area (Å²) in [7, 11) is 0. The van der Waals surface area contributed by atoms with Gasteiger partial charge in [0.25, 0.3) is 0 Å². The Morgan fingerprint density at radius 2 is 1.62 bits per heavy atom. The molecule has 1 nitrogen and oxygen atoms in total. The van der Waals surface area contributed by atoms with E-state index >= 15 is 0 Å². The van der Waals surface area contributed by atoms with Crippen LogP contribution in [0.2, 0.25) is 0 Å². The molecule has 0 spiro atoms. The van der Waals surface area contributed by atoms with Gasteiger partial charge in [-0.1, -0.05) is 38.1 Å². The van der Waals surface area contributed by atoms with Crippen LogP contribution in [0.15, 0.2) is 24.3 Å². The molecule has 68 valence electrons. The Kier molecular flexibility index (Phi) is 3.33. The highest BCUT2D eigenvalue weighted by Gasteiger charge is 2.05. The summed E-state index contributed by atoms with van der Waals surface area (Å²) in [5.74, 6) is 0.518. The van der Waals surface area contributed by atoms with Gasteiger partial charge in [-0.15, -0.1) is 11.6 Å². The van der Waals surface area contributed by atoms with Crippen molar-refractivity contribution < 1.29 is 0 Å². The van der Waals surface area contributed by atoms with Gasteiger partial charge in [-0.2, -0.15) is 5.26 Å². The van der Waals surface area contributed by atoms with Crippen molar-refractivity contribution in [2.24, 2.45) is 0 Å². The number of hydrogen-bond donors (Lipinski definition) is 0. The van der Waals surface area contributed by atoms with Crippen molar-refractivity contribution in [3.8, 4) is 6.07 Å². The average molecular weight is 194 g/mol. The number of benzene rings is 1. The van der Waals surface area contributed by atoms with E-state index in [0.29, 0.717) is 5.92 Å². The zero-order valence-electron chi connectivity index (χ0n) is 7.79. The van der Waals surface area contributed by atoms with Crippen LogP contribution in [0.3, 0.4) is 0 Å². The fraction of sp³-hybridized carbons (Fsp3) is 0.364. The van der Waals surface area contributed by atoms with Crippen LogP contribution in [0.25, 0.3) is 0 Å². The van der Waals surface area contributed by atoms with Gasteiger partial charge in [-0.05, 0) is 17.0 Å². The van der Waals surface area contributed by atoms with Crippen molar-refractivity contribution in [1.29, 1.82) is 5.26 Å². The van der Waals surface area contributed by atoms with Crippen LogP contribution in [0.1, 0.15) is 36.3 Å². The first kappa shape index (κ1) is 10.1. The molecule has 2 heteroatoms. The Morgan fingerprint density at radius 1 is 1.15 bits per heavy atom. The van der Waals surface area contributed by atoms with Crippen molar-refractivity contribution in [2.45, 2.75) is 25.1 Å². The molecule has 1 unspecified atom stereocenters. The molecule has 0 aliphatic heterocycles. The summed E-state index contributed by atoms with van der Waals surface area (Å²) < 4.78 is 0. The van der Waals surface area contributed by atoms with E-state index in [1.807, 2.05) is 30.3 Å². The van der Waals surface area contributed by atoms with Gasteiger partial charge >= 0.3 is 0 Å². The Bertz CT molecular complexity index is 308. The Labute approximate surface area is 84.0 Å². The highest BCUT2D eigenvalue weighted by atomic mass is 35.5. The van der Waals surface area contributed by atoms with E-state index in [4.69, 9.17) is 16.9 Å². The second-order valence-corrected chi connectivity index (χ2v) is 3.75. The maximum atomic E-state index is 8.58. The predicted molar refractivity (Wildman–Crippen MR) is 54.7 cm³/mol. The van der Waals surface area contributed by atoms with E-state index in [0.717, 1.165) is 5.56 Å². The lowest BCUT2D eigenvalue weighted by Gasteiger charge is -2.06. The minimum Gasteiger partial charge on any atom is -0.196 e. The van der Waals surface area contributed by atoms with Gasteiger partial charge in [0, 0.05) is 0 Å². The van der Waals surface area contributed by atoms with E-state index < -0.39 is 5.38 Å². The molecule has 0 aliphatic carbocycles. The summed E-state index contributed by atoms with van der Waals surface area (Å²) in [5, 5.41) is 8.06. The zero-order valence-corrected chi connectivity index (χ0v) is 8.55. The number of hydrogen-bond acceptors (Lipinski definition) is 1. The van der Waals surface area contributed by atoms with Crippen molar-refractivity contribution in [3.63, 3.8) is 0 Å². The summed E-state index contributed by atoms with van der Waals surface area (Å²) in [6, 6.07) is 9.86. The number of alkyl halides is 1. The summed E-state index contributed by atoms with van der Waals surface area (Å²) >= 11 is 5.76. The van der Waals surface area contributed by atoms with Crippen LogP contribution in [-0.4, -0.2) is 0 Å². The standard InChI is InChI=1S/C11H12ClN/c1-8(2)9-3-5-10(6-4-9)11(12)7-13/h3-6,8,11H,1-2H3. The summed E-state index contributed by atoms with van der Waals surface area (Å²) in [5.41, 5.74) is 2.14. The molecule has 0 bridgehead atoms. The van der Waals surface area contributed by atoms with Crippen LogP contribution in [0, 0.1) is 11.3 Å². The molecule has 0 saturated carbocycles. The number of rotatable bonds is 2. The Hall–Kier alpha value is -1.00. The van der Waals surface area contributed by atoms with Crippen LogP contribution < -0.4 is 0 Å². The molecule has 0 heterocycles. The Balaban J connectivity index is 2.89. The quantitative estimate of drug-likeness (QED) is 0.659. The molecule has 1 rings (SSSR count). The molecule has 0 aromatic heterocycles. The van der Waals surface area contributed by atoms with E-state index in [2.05, 4.69) is 13.8 Å². The number of nitrogens with zero attached hydrogens (tertiary/aromatic N) is 1. The molecule has 0 amide bonds. The van der Waals surface area contributed by atoms with Gasteiger partial charge in [0.1, 0.15) is 5.38 Å². The van der Waals surface area contributed by atoms with E-state index in [9.17, 15) is 0 Å². The minimum absolute atomic E-state index is 0.518. The molecular weight excluding hydrogens is 182 g/mol. The first-order valence-corrected chi connectivity index (χ1v) is 4.72.